The molecule has 2 aromatic rings. The second-order valence-corrected chi connectivity index (χ2v) is 4.80. The van der Waals surface area contributed by atoms with Crippen molar-refractivity contribution < 1.29 is 9.13 Å². The van der Waals surface area contributed by atoms with E-state index in [0.29, 0.717) is 12.1 Å². The number of aryl methyl sites for hydroxylation is 1. The average Bonchev–Trinajstić information content (AvgIpc) is 2.48. The molecule has 0 bridgehead atoms. The third-order valence-corrected chi connectivity index (χ3v) is 3.26. The van der Waals surface area contributed by atoms with Crippen LogP contribution in [0.4, 0.5) is 4.39 Å². The lowest BCUT2D eigenvalue weighted by Gasteiger charge is -2.13. The quantitative estimate of drug-likeness (QED) is 0.916. The molecule has 0 spiro atoms. The molecule has 0 heterocycles. The van der Waals surface area contributed by atoms with Crippen LogP contribution in [0.15, 0.2) is 36.4 Å². The van der Waals surface area contributed by atoms with Gasteiger partial charge < -0.3 is 10.1 Å². The monoisotopic (exact) mass is 284 g/mol. The minimum atomic E-state index is -0.367. The van der Waals surface area contributed by atoms with Gasteiger partial charge in [-0.25, -0.2) is 4.39 Å². The highest BCUT2D eigenvalue weighted by Crippen LogP contribution is 2.24. The van der Waals surface area contributed by atoms with E-state index in [1.165, 1.54) is 6.07 Å². The van der Waals surface area contributed by atoms with E-state index in [1.54, 1.807) is 25.2 Å². The van der Waals surface area contributed by atoms with Crippen molar-refractivity contribution in [3.8, 4) is 11.8 Å². The van der Waals surface area contributed by atoms with Gasteiger partial charge >= 0.3 is 0 Å². The Balaban J connectivity index is 2.19. The maximum absolute atomic E-state index is 13.9. The smallest absolute Gasteiger partial charge is 0.165 e. The minimum absolute atomic E-state index is 0.273. The largest absolute Gasteiger partial charge is 0.485 e. The van der Waals surface area contributed by atoms with Crippen molar-refractivity contribution in [2.45, 2.75) is 20.1 Å². The molecular formula is C17H17FN2O. The molecule has 1 N–H and O–H groups in total. The summed E-state index contributed by atoms with van der Waals surface area (Å²) >= 11 is 0. The highest BCUT2D eigenvalue weighted by atomic mass is 19.1. The molecule has 0 saturated carbocycles. The van der Waals surface area contributed by atoms with Crippen molar-refractivity contribution in [1.29, 1.82) is 5.26 Å². The van der Waals surface area contributed by atoms with Gasteiger partial charge in [0, 0.05) is 12.1 Å². The van der Waals surface area contributed by atoms with E-state index < -0.39 is 0 Å². The van der Waals surface area contributed by atoms with Gasteiger partial charge in [0.25, 0.3) is 0 Å². The molecule has 0 saturated heterocycles. The van der Waals surface area contributed by atoms with Crippen LogP contribution in [0, 0.1) is 24.1 Å². The predicted molar refractivity (Wildman–Crippen MR) is 79.4 cm³/mol. The minimum Gasteiger partial charge on any atom is -0.485 e. The van der Waals surface area contributed by atoms with Crippen molar-refractivity contribution in [3.63, 3.8) is 0 Å². The predicted octanol–water partition coefficient (Wildman–Crippen LogP) is 3.30. The van der Waals surface area contributed by atoms with Crippen LogP contribution in [-0.4, -0.2) is 7.05 Å². The lowest BCUT2D eigenvalue weighted by Crippen LogP contribution is -2.09. The second kappa shape index (κ2) is 6.87. The fourth-order valence-corrected chi connectivity index (χ4v) is 2.12. The van der Waals surface area contributed by atoms with Crippen LogP contribution in [0.25, 0.3) is 0 Å². The Kier molecular flexibility index (Phi) is 4.91. The zero-order chi connectivity index (χ0) is 15.2. The van der Waals surface area contributed by atoms with E-state index in [9.17, 15) is 4.39 Å². The first-order valence-electron chi connectivity index (χ1n) is 6.70. The summed E-state index contributed by atoms with van der Waals surface area (Å²) in [5.74, 6) is -0.0929. The molecular weight excluding hydrogens is 267 g/mol. The van der Waals surface area contributed by atoms with E-state index in [-0.39, 0.29) is 18.2 Å². The summed E-state index contributed by atoms with van der Waals surface area (Å²) < 4.78 is 19.6. The number of para-hydroxylation sites is 1. The molecule has 0 amide bonds. The van der Waals surface area contributed by atoms with E-state index >= 15 is 0 Å². The van der Waals surface area contributed by atoms with Gasteiger partial charge in [0.15, 0.2) is 11.6 Å². The summed E-state index contributed by atoms with van der Waals surface area (Å²) in [7, 11) is 1.81. The van der Waals surface area contributed by atoms with E-state index in [0.717, 1.165) is 16.7 Å². The Morgan fingerprint density at radius 1 is 1.24 bits per heavy atom. The molecule has 2 aromatic carbocycles. The Labute approximate surface area is 124 Å². The molecule has 21 heavy (non-hydrogen) atoms. The van der Waals surface area contributed by atoms with Crippen molar-refractivity contribution in [1.82, 2.24) is 5.32 Å². The van der Waals surface area contributed by atoms with Crippen LogP contribution in [0.3, 0.4) is 0 Å². The Bertz CT molecular complexity index is 677. The number of rotatable bonds is 5. The number of halogens is 1. The number of hydrogen-bond acceptors (Lipinski definition) is 3. The van der Waals surface area contributed by atoms with E-state index in [2.05, 4.69) is 11.4 Å². The van der Waals surface area contributed by atoms with Crippen LogP contribution < -0.4 is 10.1 Å². The number of nitrogens with zero attached hydrogens (tertiary/aromatic N) is 1. The van der Waals surface area contributed by atoms with Crippen LogP contribution in [0.1, 0.15) is 22.3 Å². The van der Waals surface area contributed by atoms with Crippen LogP contribution in [0.5, 0.6) is 5.75 Å². The summed E-state index contributed by atoms with van der Waals surface area (Å²) in [5.41, 5.74) is 3.29. The molecule has 0 atom stereocenters. The molecule has 0 aliphatic rings. The molecule has 2 rings (SSSR count). The van der Waals surface area contributed by atoms with Gasteiger partial charge in [0.2, 0.25) is 0 Å². The Hall–Kier alpha value is -2.38. The highest BCUT2D eigenvalue weighted by molar-refractivity contribution is 5.38. The van der Waals surface area contributed by atoms with E-state index in [1.807, 2.05) is 19.1 Å². The van der Waals surface area contributed by atoms with Crippen molar-refractivity contribution in [2.24, 2.45) is 0 Å². The van der Waals surface area contributed by atoms with Gasteiger partial charge in [-0.15, -0.1) is 0 Å². The maximum Gasteiger partial charge on any atom is 0.165 e. The van der Waals surface area contributed by atoms with Gasteiger partial charge in [-0.1, -0.05) is 18.2 Å². The van der Waals surface area contributed by atoms with Gasteiger partial charge in [-0.2, -0.15) is 5.26 Å². The molecule has 0 aromatic heterocycles. The fraction of sp³-hybridized carbons (Fsp3) is 0.235. The summed E-state index contributed by atoms with van der Waals surface area (Å²) in [6.07, 6.45) is 0. The van der Waals surface area contributed by atoms with Crippen molar-refractivity contribution >= 4 is 0 Å². The zero-order valence-corrected chi connectivity index (χ0v) is 12.1. The summed E-state index contributed by atoms with van der Waals surface area (Å²) in [6, 6.07) is 12.4. The number of hydrogen-bond donors (Lipinski definition) is 1. The summed E-state index contributed by atoms with van der Waals surface area (Å²) in [4.78, 5) is 0. The standard InChI is InChI=1S/C17H17FN2O/c1-12-8-13(9-19)6-7-15(12)11-21-17-14(10-20-2)4-3-5-16(17)18/h3-8,20H,10-11H2,1-2H3. The zero-order valence-electron chi connectivity index (χ0n) is 12.1. The molecule has 0 aliphatic heterocycles. The topological polar surface area (TPSA) is 45.0 Å². The molecule has 0 aliphatic carbocycles. The normalized spacial score (nSPS) is 10.2. The summed E-state index contributed by atoms with van der Waals surface area (Å²) in [5, 5.41) is 11.8. The molecule has 0 fully saturated rings. The SMILES string of the molecule is CNCc1cccc(F)c1OCc1ccc(C#N)cc1C. The van der Waals surface area contributed by atoms with Crippen LogP contribution in [-0.2, 0) is 13.2 Å². The lowest BCUT2D eigenvalue weighted by atomic mass is 10.1. The fourth-order valence-electron chi connectivity index (χ4n) is 2.12. The first kappa shape index (κ1) is 15.0. The summed E-state index contributed by atoms with van der Waals surface area (Å²) in [6.45, 7) is 2.73. The van der Waals surface area contributed by atoms with Crippen molar-refractivity contribution in [3.05, 3.63) is 64.5 Å². The molecule has 0 unspecified atom stereocenters. The van der Waals surface area contributed by atoms with Gasteiger partial charge in [0.1, 0.15) is 6.61 Å². The molecule has 4 heteroatoms. The third-order valence-electron chi connectivity index (χ3n) is 3.26. The Morgan fingerprint density at radius 2 is 2.05 bits per heavy atom. The highest BCUT2D eigenvalue weighted by Gasteiger charge is 2.10. The van der Waals surface area contributed by atoms with Crippen LogP contribution >= 0.6 is 0 Å². The number of nitriles is 1. The van der Waals surface area contributed by atoms with E-state index in [4.69, 9.17) is 10.00 Å². The molecule has 0 radical (unpaired) electrons. The number of benzene rings is 2. The second-order valence-electron chi connectivity index (χ2n) is 4.80. The Morgan fingerprint density at radius 3 is 2.71 bits per heavy atom. The van der Waals surface area contributed by atoms with Gasteiger partial charge in [-0.3, -0.25) is 0 Å². The number of ether oxygens (including phenoxy) is 1. The molecule has 3 nitrogen and oxygen atoms in total. The first-order valence-corrected chi connectivity index (χ1v) is 6.70. The lowest BCUT2D eigenvalue weighted by molar-refractivity contribution is 0.285. The van der Waals surface area contributed by atoms with Gasteiger partial charge in [-0.05, 0) is 43.3 Å². The third kappa shape index (κ3) is 3.59. The van der Waals surface area contributed by atoms with Crippen molar-refractivity contribution in [2.75, 3.05) is 7.05 Å². The first-order chi connectivity index (χ1) is 10.2. The van der Waals surface area contributed by atoms with Crippen LogP contribution in [0.2, 0.25) is 0 Å². The van der Waals surface area contributed by atoms with Gasteiger partial charge in [0.05, 0.1) is 11.6 Å². The number of nitrogens with one attached hydrogen (secondary N) is 1. The molecule has 108 valence electrons. The average molecular weight is 284 g/mol. The maximum atomic E-state index is 13.9.